The number of allylic oxidation sites excluding steroid dienone is 1. The average molecular weight is 699 g/mol. The van der Waals surface area contributed by atoms with Crippen LogP contribution in [-0.2, 0) is 21.4 Å². The maximum atomic E-state index is 13.4. The number of hydrogen-bond donors (Lipinski definition) is 3. The van der Waals surface area contributed by atoms with Crippen molar-refractivity contribution in [2.75, 3.05) is 6.61 Å². The molecule has 1 fully saturated rings. The monoisotopic (exact) mass is 698 g/mol. The highest BCUT2D eigenvalue weighted by molar-refractivity contribution is 7.14. The number of amidine groups is 1. The van der Waals surface area contributed by atoms with E-state index in [9.17, 15) is 19.5 Å². The van der Waals surface area contributed by atoms with Crippen molar-refractivity contribution in [3.63, 3.8) is 0 Å². The highest BCUT2D eigenvalue weighted by Crippen LogP contribution is 2.36. The molecule has 2 aromatic carbocycles. The second-order valence-electron chi connectivity index (χ2n) is 13.9. The van der Waals surface area contributed by atoms with Crippen molar-refractivity contribution in [3.8, 4) is 5.75 Å². The minimum atomic E-state index is -1.28. The first-order valence-corrected chi connectivity index (χ1v) is 18.2. The first-order chi connectivity index (χ1) is 23.8. The summed E-state index contributed by atoms with van der Waals surface area (Å²) in [6.07, 6.45) is 8.62. The van der Waals surface area contributed by atoms with Crippen molar-refractivity contribution in [3.05, 3.63) is 93.3 Å². The van der Waals surface area contributed by atoms with Gasteiger partial charge in [-0.3, -0.25) is 9.59 Å². The summed E-state index contributed by atoms with van der Waals surface area (Å²) in [6, 6.07) is 18.0. The summed E-state index contributed by atoms with van der Waals surface area (Å²) in [6.45, 7) is 14.8. The Morgan fingerprint density at radius 1 is 0.980 bits per heavy atom. The Morgan fingerprint density at radius 3 is 2.22 bits per heavy atom. The van der Waals surface area contributed by atoms with Crippen LogP contribution in [-0.4, -0.2) is 53.6 Å². The number of carboxylic acid groups (broad SMARTS) is 1. The number of nitrogens with one attached hydrogen (secondary N) is 2. The zero-order valence-corrected chi connectivity index (χ0v) is 30.7. The molecule has 10 heteroatoms. The summed E-state index contributed by atoms with van der Waals surface area (Å²) in [4.78, 5) is 48.7. The van der Waals surface area contributed by atoms with E-state index in [1.807, 2.05) is 61.5 Å². The normalized spacial score (nSPS) is 14.8. The van der Waals surface area contributed by atoms with Crippen LogP contribution >= 0.6 is 11.3 Å². The number of nitrogens with zero attached hydrogens (tertiary/aromatic N) is 2. The Labute approximate surface area is 300 Å². The largest absolute Gasteiger partial charge is 0.494 e. The van der Waals surface area contributed by atoms with E-state index >= 15 is 0 Å². The number of thiophene rings is 1. The molecule has 1 saturated carbocycles. The number of hydrogen-bond acceptors (Lipinski definition) is 6. The van der Waals surface area contributed by atoms with Crippen molar-refractivity contribution >= 4 is 47.2 Å². The molecule has 4 rings (SSSR count). The fourth-order valence-electron chi connectivity index (χ4n) is 5.32. The van der Waals surface area contributed by atoms with Crippen LogP contribution in [0.25, 0.3) is 5.57 Å². The first kappa shape index (κ1) is 38.2. The number of amides is 2. The van der Waals surface area contributed by atoms with E-state index in [4.69, 9.17) is 4.74 Å². The molecule has 0 saturated heterocycles. The Hall–Kier alpha value is -4.57. The van der Waals surface area contributed by atoms with Gasteiger partial charge in [0.15, 0.2) is 5.84 Å². The van der Waals surface area contributed by atoms with Crippen molar-refractivity contribution in [1.82, 2.24) is 10.6 Å². The van der Waals surface area contributed by atoms with E-state index in [1.165, 1.54) is 37.0 Å². The van der Waals surface area contributed by atoms with Crippen molar-refractivity contribution in [2.24, 2.45) is 9.98 Å². The van der Waals surface area contributed by atoms with Gasteiger partial charge >= 0.3 is 5.97 Å². The van der Waals surface area contributed by atoms with Crippen molar-refractivity contribution in [2.45, 2.75) is 103 Å². The Morgan fingerprint density at radius 2 is 1.64 bits per heavy atom. The number of rotatable bonds is 17. The summed E-state index contributed by atoms with van der Waals surface area (Å²) in [5.41, 5.74) is 2.08. The SMILES string of the molecule is C=NC(=N/C=C(\C)c1ccc(OCCCCCCC)cc1)c1ccc(C[C@H](NC(=O)c2ccc(C(C)(C)C)s2)C(=O)NC2(C(=O)O)CC2)cc1. The van der Waals surface area contributed by atoms with Gasteiger partial charge in [0.1, 0.15) is 17.3 Å². The van der Waals surface area contributed by atoms with Gasteiger partial charge < -0.3 is 20.5 Å². The number of carbonyl (C=O) groups is 3. The lowest BCUT2D eigenvalue weighted by Gasteiger charge is -2.21. The van der Waals surface area contributed by atoms with E-state index in [2.05, 4.69) is 55.0 Å². The number of carboxylic acids is 1. The number of aliphatic imine (C=N–C) groups is 2. The summed E-state index contributed by atoms with van der Waals surface area (Å²) in [5.74, 6) is -0.701. The molecule has 0 radical (unpaired) electrons. The maximum absolute atomic E-state index is 13.4. The van der Waals surface area contributed by atoms with E-state index in [-0.39, 0.29) is 17.7 Å². The van der Waals surface area contributed by atoms with Crippen LogP contribution in [0.15, 0.2) is 76.8 Å². The third-order valence-corrected chi connectivity index (χ3v) is 10.2. The van der Waals surface area contributed by atoms with Gasteiger partial charge in [0, 0.05) is 23.1 Å². The molecule has 0 bridgehead atoms. The molecular weight excluding hydrogens is 649 g/mol. The highest BCUT2D eigenvalue weighted by Gasteiger charge is 2.52. The second kappa shape index (κ2) is 17.4. The van der Waals surface area contributed by atoms with Crippen LogP contribution in [0.3, 0.4) is 0 Å². The summed E-state index contributed by atoms with van der Waals surface area (Å²) in [5, 5.41) is 15.2. The van der Waals surface area contributed by atoms with Crippen molar-refractivity contribution in [1.29, 1.82) is 0 Å². The van der Waals surface area contributed by atoms with E-state index in [1.54, 1.807) is 12.3 Å². The molecule has 3 aromatic rings. The summed E-state index contributed by atoms with van der Waals surface area (Å²) in [7, 11) is 0. The van der Waals surface area contributed by atoms with Crippen LogP contribution in [0, 0.1) is 0 Å². The summed E-state index contributed by atoms with van der Waals surface area (Å²) < 4.78 is 5.89. The van der Waals surface area contributed by atoms with Gasteiger partial charge in [-0.15, -0.1) is 11.3 Å². The molecule has 2 amide bonds. The molecule has 1 heterocycles. The molecule has 3 N–H and O–H groups in total. The number of unbranched alkanes of at least 4 members (excludes halogenated alkanes) is 4. The van der Waals surface area contributed by atoms with Gasteiger partial charge in [-0.2, -0.15) is 0 Å². The average Bonchev–Trinajstić information content (AvgIpc) is 3.69. The molecule has 9 nitrogen and oxygen atoms in total. The van der Waals surface area contributed by atoms with Crippen LogP contribution in [0.1, 0.15) is 111 Å². The maximum Gasteiger partial charge on any atom is 0.329 e. The fourth-order valence-corrected chi connectivity index (χ4v) is 6.28. The predicted octanol–water partition coefficient (Wildman–Crippen LogP) is 7.98. The van der Waals surface area contributed by atoms with Gasteiger partial charge in [0.25, 0.3) is 5.91 Å². The predicted molar refractivity (Wildman–Crippen MR) is 203 cm³/mol. The molecule has 1 atom stereocenters. The van der Waals surface area contributed by atoms with Gasteiger partial charge in [0.05, 0.1) is 11.5 Å². The quantitative estimate of drug-likeness (QED) is 0.0748. The number of ether oxygens (including phenoxy) is 1. The van der Waals surface area contributed by atoms with E-state index in [0.29, 0.717) is 23.6 Å². The molecule has 1 aromatic heterocycles. The van der Waals surface area contributed by atoms with Crippen LogP contribution in [0.2, 0.25) is 0 Å². The lowest BCUT2D eigenvalue weighted by molar-refractivity contribution is -0.143. The molecular formula is C40H50N4O5S. The smallest absolute Gasteiger partial charge is 0.329 e. The third kappa shape index (κ3) is 10.7. The topological polar surface area (TPSA) is 129 Å². The van der Waals surface area contributed by atoms with Crippen LogP contribution in [0.4, 0.5) is 0 Å². The zero-order chi connectivity index (χ0) is 36.3. The number of aliphatic carboxylic acids is 1. The molecule has 0 unspecified atom stereocenters. The van der Waals surface area contributed by atoms with Gasteiger partial charge in [0.2, 0.25) is 5.91 Å². The Kier molecular flexibility index (Phi) is 13.3. The van der Waals surface area contributed by atoms with Gasteiger partial charge in [-0.05, 0) is 79.3 Å². The first-order valence-electron chi connectivity index (χ1n) is 17.4. The van der Waals surface area contributed by atoms with Crippen LogP contribution in [0.5, 0.6) is 5.75 Å². The number of benzene rings is 2. The minimum Gasteiger partial charge on any atom is -0.494 e. The highest BCUT2D eigenvalue weighted by atomic mass is 32.1. The molecule has 0 spiro atoms. The fraction of sp³-hybridized carbons (Fsp3) is 0.425. The summed E-state index contributed by atoms with van der Waals surface area (Å²) >= 11 is 1.38. The minimum absolute atomic E-state index is 0.119. The van der Waals surface area contributed by atoms with Gasteiger partial charge in [-0.25, -0.2) is 14.8 Å². The molecule has 0 aliphatic heterocycles. The standard InChI is InChI=1S/C40H50N4O5S/c1-7-8-9-10-11-24-49-31-18-16-29(17-19-31)27(2)26-42-35(41-6)30-14-12-28(13-15-30)25-32(36(45)44-40(22-23-40)38(47)48)43-37(46)33-20-21-34(50-33)39(3,4)5/h12-21,26,32H,6-11,22-25H2,1-5H3,(H,43,46)(H,44,45)(H,47,48)/b27-26+,42-35?/t32-/m0/s1. The van der Waals surface area contributed by atoms with Gasteiger partial charge in [-0.1, -0.05) is 89.8 Å². The Bertz CT molecular complexity index is 1700. The molecule has 50 heavy (non-hydrogen) atoms. The lowest BCUT2D eigenvalue weighted by atomic mass is 9.95. The molecule has 266 valence electrons. The molecule has 1 aliphatic carbocycles. The van der Waals surface area contributed by atoms with Crippen molar-refractivity contribution < 1.29 is 24.2 Å². The third-order valence-electron chi connectivity index (χ3n) is 8.72. The second-order valence-corrected chi connectivity index (χ2v) is 15.0. The molecule has 1 aliphatic rings. The number of carbonyl (C=O) groups excluding carboxylic acids is 2. The lowest BCUT2D eigenvalue weighted by Crippen LogP contribution is -2.53. The van der Waals surface area contributed by atoms with E-state index in [0.717, 1.165) is 45.9 Å². The Balaban J connectivity index is 1.43. The zero-order valence-electron chi connectivity index (χ0n) is 29.9. The van der Waals surface area contributed by atoms with Crippen LogP contribution < -0.4 is 15.4 Å². The van der Waals surface area contributed by atoms with E-state index < -0.39 is 23.5 Å².